The normalized spacial score (nSPS) is 28.1. The molecule has 1 aliphatic rings. The highest BCUT2D eigenvalue weighted by Crippen LogP contribution is 2.34. The average Bonchev–Trinajstić information content (AvgIpc) is 2.67. The summed E-state index contributed by atoms with van der Waals surface area (Å²) in [4.78, 5) is 12.1. The van der Waals surface area contributed by atoms with E-state index in [9.17, 15) is 4.79 Å². The lowest BCUT2D eigenvalue weighted by Crippen LogP contribution is -2.49. The predicted octanol–water partition coefficient (Wildman–Crippen LogP) is 0.119. The van der Waals surface area contributed by atoms with E-state index >= 15 is 0 Å². The molecule has 1 amide bonds. The van der Waals surface area contributed by atoms with Crippen molar-refractivity contribution in [2.24, 2.45) is 11.3 Å². The van der Waals surface area contributed by atoms with Crippen LogP contribution in [0.15, 0.2) is 0 Å². The van der Waals surface area contributed by atoms with Crippen molar-refractivity contribution in [3.8, 4) is 0 Å². The van der Waals surface area contributed by atoms with Crippen molar-refractivity contribution in [2.45, 2.75) is 33.2 Å². The third-order valence-electron chi connectivity index (χ3n) is 3.40. The molecular weight excluding hydrogens is 192 g/mol. The van der Waals surface area contributed by atoms with E-state index in [0.717, 1.165) is 19.5 Å². The van der Waals surface area contributed by atoms with Crippen LogP contribution in [0.4, 0.5) is 0 Å². The highest BCUT2D eigenvalue weighted by molar-refractivity contribution is 5.83. The maximum absolute atomic E-state index is 12.1. The zero-order valence-corrected chi connectivity index (χ0v) is 9.84. The van der Waals surface area contributed by atoms with Crippen LogP contribution in [0.1, 0.15) is 27.2 Å². The number of aliphatic hydroxyl groups is 1. The molecule has 0 aromatic heterocycles. The molecule has 4 nitrogen and oxygen atoms in total. The van der Waals surface area contributed by atoms with E-state index < -0.39 is 0 Å². The molecule has 0 radical (unpaired) electrons. The van der Waals surface area contributed by atoms with Gasteiger partial charge in [0, 0.05) is 12.6 Å². The molecule has 0 saturated carbocycles. The second kappa shape index (κ2) is 4.94. The standard InChI is InChI=1S/C11H22N2O2/c1-8(2)11(4-5-12-7-11)10(15)13-9(3)6-14/h8-9,12,14H,4-7H2,1-3H3,(H,13,15). The summed E-state index contributed by atoms with van der Waals surface area (Å²) in [7, 11) is 0. The Kier molecular flexibility index (Phi) is 4.11. The Bertz CT molecular complexity index is 223. The van der Waals surface area contributed by atoms with Gasteiger partial charge in [-0.05, 0) is 25.8 Å². The second-order valence-electron chi connectivity index (χ2n) is 4.79. The summed E-state index contributed by atoms with van der Waals surface area (Å²) in [5.41, 5.74) is -0.288. The van der Waals surface area contributed by atoms with Gasteiger partial charge in [0.1, 0.15) is 0 Å². The molecule has 15 heavy (non-hydrogen) atoms. The number of rotatable bonds is 4. The molecule has 4 heteroatoms. The first-order valence-corrected chi connectivity index (χ1v) is 5.65. The van der Waals surface area contributed by atoms with Crippen LogP contribution >= 0.6 is 0 Å². The maximum Gasteiger partial charge on any atom is 0.228 e. The van der Waals surface area contributed by atoms with Gasteiger partial charge < -0.3 is 15.7 Å². The number of carbonyl (C=O) groups is 1. The van der Waals surface area contributed by atoms with Gasteiger partial charge in [0.2, 0.25) is 5.91 Å². The SMILES string of the molecule is CC(CO)NC(=O)C1(C(C)C)CCNC1. The van der Waals surface area contributed by atoms with E-state index in [-0.39, 0.29) is 24.0 Å². The fourth-order valence-corrected chi connectivity index (χ4v) is 2.07. The molecule has 1 aliphatic heterocycles. The Labute approximate surface area is 91.4 Å². The Morgan fingerprint density at radius 2 is 2.20 bits per heavy atom. The molecule has 2 unspecified atom stereocenters. The minimum absolute atomic E-state index is 0.00660. The van der Waals surface area contributed by atoms with Crippen molar-refractivity contribution >= 4 is 5.91 Å². The van der Waals surface area contributed by atoms with Gasteiger partial charge in [0.25, 0.3) is 0 Å². The molecule has 0 spiro atoms. The molecule has 1 rings (SSSR count). The first-order chi connectivity index (χ1) is 7.03. The molecule has 3 N–H and O–H groups in total. The van der Waals surface area contributed by atoms with E-state index in [1.165, 1.54) is 0 Å². The van der Waals surface area contributed by atoms with Gasteiger partial charge in [-0.15, -0.1) is 0 Å². The minimum Gasteiger partial charge on any atom is -0.394 e. The van der Waals surface area contributed by atoms with Crippen molar-refractivity contribution in [2.75, 3.05) is 19.7 Å². The second-order valence-corrected chi connectivity index (χ2v) is 4.79. The molecule has 1 fully saturated rings. The number of amides is 1. The molecule has 0 aromatic rings. The van der Waals surface area contributed by atoms with E-state index in [4.69, 9.17) is 5.11 Å². The Morgan fingerprint density at radius 1 is 1.53 bits per heavy atom. The lowest BCUT2D eigenvalue weighted by molar-refractivity contribution is -0.133. The summed E-state index contributed by atoms with van der Waals surface area (Å²) in [6, 6.07) is -0.159. The van der Waals surface area contributed by atoms with Crippen LogP contribution < -0.4 is 10.6 Å². The van der Waals surface area contributed by atoms with Gasteiger partial charge in [0.15, 0.2) is 0 Å². The van der Waals surface area contributed by atoms with Crippen molar-refractivity contribution in [3.05, 3.63) is 0 Å². The van der Waals surface area contributed by atoms with E-state index in [0.29, 0.717) is 5.92 Å². The summed E-state index contributed by atoms with van der Waals surface area (Å²) >= 11 is 0. The minimum atomic E-state index is -0.288. The zero-order chi connectivity index (χ0) is 11.5. The number of hydrogen-bond acceptors (Lipinski definition) is 3. The number of aliphatic hydroxyl groups excluding tert-OH is 1. The molecule has 2 atom stereocenters. The number of nitrogens with one attached hydrogen (secondary N) is 2. The lowest BCUT2D eigenvalue weighted by atomic mass is 9.75. The Hall–Kier alpha value is -0.610. The van der Waals surface area contributed by atoms with E-state index in [1.54, 1.807) is 0 Å². The van der Waals surface area contributed by atoms with Crippen molar-refractivity contribution < 1.29 is 9.90 Å². The quantitative estimate of drug-likeness (QED) is 0.623. The summed E-state index contributed by atoms with van der Waals surface area (Å²) in [6.07, 6.45) is 0.884. The Balaban J connectivity index is 2.68. The highest BCUT2D eigenvalue weighted by Gasteiger charge is 2.43. The largest absolute Gasteiger partial charge is 0.394 e. The molecule has 0 bridgehead atoms. The topological polar surface area (TPSA) is 61.4 Å². The third kappa shape index (κ3) is 2.49. The van der Waals surface area contributed by atoms with Crippen LogP contribution in [-0.4, -0.2) is 36.8 Å². The van der Waals surface area contributed by atoms with Gasteiger partial charge >= 0.3 is 0 Å². The van der Waals surface area contributed by atoms with Crippen molar-refractivity contribution in [3.63, 3.8) is 0 Å². The van der Waals surface area contributed by atoms with Gasteiger partial charge in [-0.25, -0.2) is 0 Å². The van der Waals surface area contributed by atoms with Crippen molar-refractivity contribution in [1.82, 2.24) is 10.6 Å². The fraction of sp³-hybridized carbons (Fsp3) is 0.909. The summed E-state index contributed by atoms with van der Waals surface area (Å²) in [5.74, 6) is 0.391. The van der Waals surface area contributed by atoms with E-state index in [2.05, 4.69) is 24.5 Å². The van der Waals surface area contributed by atoms with Crippen LogP contribution in [0.2, 0.25) is 0 Å². The fourth-order valence-electron chi connectivity index (χ4n) is 2.07. The van der Waals surface area contributed by atoms with Gasteiger partial charge in [-0.2, -0.15) is 0 Å². The number of hydrogen-bond donors (Lipinski definition) is 3. The predicted molar refractivity (Wildman–Crippen MR) is 59.4 cm³/mol. The lowest BCUT2D eigenvalue weighted by Gasteiger charge is -2.32. The van der Waals surface area contributed by atoms with Gasteiger partial charge in [-0.3, -0.25) is 4.79 Å². The smallest absolute Gasteiger partial charge is 0.228 e. The van der Waals surface area contributed by atoms with Crippen LogP contribution in [0.5, 0.6) is 0 Å². The summed E-state index contributed by atoms with van der Waals surface area (Å²) < 4.78 is 0. The molecule has 0 aliphatic carbocycles. The van der Waals surface area contributed by atoms with Crippen LogP contribution in [0.3, 0.4) is 0 Å². The number of carbonyl (C=O) groups excluding carboxylic acids is 1. The molecule has 88 valence electrons. The van der Waals surface area contributed by atoms with Crippen molar-refractivity contribution in [1.29, 1.82) is 0 Å². The first kappa shape index (κ1) is 12.5. The zero-order valence-electron chi connectivity index (χ0n) is 9.84. The van der Waals surface area contributed by atoms with Crippen LogP contribution in [0.25, 0.3) is 0 Å². The summed E-state index contributed by atoms with van der Waals surface area (Å²) in [6.45, 7) is 7.61. The molecule has 1 saturated heterocycles. The molecule has 0 aromatic carbocycles. The Morgan fingerprint density at radius 3 is 2.60 bits per heavy atom. The van der Waals surface area contributed by atoms with Gasteiger partial charge in [0.05, 0.1) is 12.0 Å². The third-order valence-corrected chi connectivity index (χ3v) is 3.40. The van der Waals surface area contributed by atoms with Crippen LogP contribution in [-0.2, 0) is 4.79 Å². The monoisotopic (exact) mass is 214 g/mol. The van der Waals surface area contributed by atoms with Gasteiger partial charge in [-0.1, -0.05) is 13.8 Å². The van der Waals surface area contributed by atoms with E-state index in [1.807, 2.05) is 6.92 Å². The first-order valence-electron chi connectivity index (χ1n) is 5.65. The summed E-state index contributed by atoms with van der Waals surface area (Å²) in [5, 5.41) is 15.0. The molecule has 1 heterocycles. The average molecular weight is 214 g/mol. The maximum atomic E-state index is 12.1. The van der Waals surface area contributed by atoms with Crippen LogP contribution in [0, 0.1) is 11.3 Å². The molecular formula is C11H22N2O2. The highest BCUT2D eigenvalue weighted by atomic mass is 16.3.